The molecule has 0 aromatic heterocycles. The van der Waals surface area contributed by atoms with E-state index in [4.69, 9.17) is 11.1 Å². The molecule has 0 saturated heterocycles. The normalized spacial score (nSPS) is 18.6. The minimum atomic E-state index is 0.326. The second-order valence-corrected chi connectivity index (χ2v) is 5.81. The van der Waals surface area contributed by atoms with Gasteiger partial charge in [0.2, 0.25) is 0 Å². The van der Waals surface area contributed by atoms with Gasteiger partial charge in [0.1, 0.15) is 0 Å². The standard InChI is InChI=1S/C14H29N3/c1-12(2)11-17(10-9-14(15)16)13-7-5-3-4-6-8-13/h12-13H,3-11H2,1-2H3,(H3,15,16). The van der Waals surface area contributed by atoms with E-state index in [0.717, 1.165) is 25.6 Å². The number of amidine groups is 1. The van der Waals surface area contributed by atoms with Crippen molar-refractivity contribution in [3.63, 3.8) is 0 Å². The average molecular weight is 239 g/mol. The van der Waals surface area contributed by atoms with Crippen molar-refractivity contribution in [2.24, 2.45) is 11.7 Å². The van der Waals surface area contributed by atoms with Crippen LogP contribution in [0, 0.1) is 11.3 Å². The third kappa shape index (κ3) is 6.06. The fourth-order valence-electron chi connectivity index (χ4n) is 2.78. The molecule has 1 aliphatic carbocycles. The van der Waals surface area contributed by atoms with Crippen LogP contribution in [0.3, 0.4) is 0 Å². The van der Waals surface area contributed by atoms with E-state index >= 15 is 0 Å². The van der Waals surface area contributed by atoms with Crippen LogP contribution in [0.5, 0.6) is 0 Å². The quantitative estimate of drug-likeness (QED) is 0.425. The first-order chi connectivity index (χ1) is 8.09. The lowest BCUT2D eigenvalue weighted by Crippen LogP contribution is -2.39. The molecule has 1 saturated carbocycles. The van der Waals surface area contributed by atoms with Crippen LogP contribution < -0.4 is 5.73 Å². The molecule has 3 N–H and O–H groups in total. The molecule has 3 heteroatoms. The van der Waals surface area contributed by atoms with E-state index in [0.29, 0.717) is 11.8 Å². The van der Waals surface area contributed by atoms with Crippen molar-refractivity contribution in [1.29, 1.82) is 5.41 Å². The molecule has 0 radical (unpaired) electrons. The van der Waals surface area contributed by atoms with Crippen molar-refractivity contribution < 1.29 is 0 Å². The molecule has 3 nitrogen and oxygen atoms in total. The summed E-state index contributed by atoms with van der Waals surface area (Å²) in [7, 11) is 0. The van der Waals surface area contributed by atoms with Crippen LogP contribution in [-0.2, 0) is 0 Å². The maximum absolute atomic E-state index is 7.38. The molecule has 0 atom stereocenters. The summed E-state index contributed by atoms with van der Waals surface area (Å²) in [5.74, 6) is 1.03. The maximum Gasteiger partial charge on any atom is 0.0918 e. The van der Waals surface area contributed by atoms with Gasteiger partial charge in [-0.2, -0.15) is 0 Å². The summed E-state index contributed by atoms with van der Waals surface area (Å²) in [6, 6.07) is 0.735. The van der Waals surface area contributed by atoms with Crippen LogP contribution in [-0.4, -0.2) is 29.9 Å². The molecule has 1 rings (SSSR count). The molecule has 0 aromatic rings. The van der Waals surface area contributed by atoms with Crippen LogP contribution in [0.1, 0.15) is 58.8 Å². The Morgan fingerprint density at radius 1 is 1.24 bits per heavy atom. The zero-order valence-corrected chi connectivity index (χ0v) is 11.5. The van der Waals surface area contributed by atoms with Crippen molar-refractivity contribution in [2.45, 2.75) is 64.8 Å². The molecule has 1 aliphatic rings. The third-order valence-electron chi connectivity index (χ3n) is 3.61. The molecule has 17 heavy (non-hydrogen) atoms. The lowest BCUT2D eigenvalue weighted by molar-refractivity contribution is 0.164. The van der Waals surface area contributed by atoms with E-state index < -0.39 is 0 Å². The Balaban J connectivity index is 2.49. The lowest BCUT2D eigenvalue weighted by atomic mass is 10.0. The molecule has 0 unspecified atom stereocenters. The predicted octanol–water partition coefficient (Wildman–Crippen LogP) is 2.99. The molecule has 0 bridgehead atoms. The Morgan fingerprint density at radius 3 is 2.29 bits per heavy atom. The van der Waals surface area contributed by atoms with Gasteiger partial charge in [0.15, 0.2) is 0 Å². The molecule has 0 aromatic carbocycles. The smallest absolute Gasteiger partial charge is 0.0918 e. The van der Waals surface area contributed by atoms with Crippen LogP contribution in [0.15, 0.2) is 0 Å². The van der Waals surface area contributed by atoms with E-state index in [-0.39, 0.29) is 0 Å². The summed E-state index contributed by atoms with van der Waals surface area (Å²) in [4.78, 5) is 2.58. The van der Waals surface area contributed by atoms with E-state index in [1.165, 1.54) is 38.5 Å². The Bertz CT molecular complexity index is 218. The molecule has 0 amide bonds. The number of hydrogen-bond acceptors (Lipinski definition) is 2. The zero-order chi connectivity index (χ0) is 12.7. The van der Waals surface area contributed by atoms with Crippen molar-refractivity contribution in [2.75, 3.05) is 13.1 Å². The van der Waals surface area contributed by atoms with Crippen LogP contribution in [0.25, 0.3) is 0 Å². The first-order valence-corrected chi connectivity index (χ1v) is 7.16. The number of nitrogens with two attached hydrogens (primary N) is 1. The maximum atomic E-state index is 7.38. The van der Waals surface area contributed by atoms with Gasteiger partial charge in [0, 0.05) is 25.6 Å². The van der Waals surface area contributed by atoms with Crippen molar-refractivity contribution in [3.8, 4) is 0 Å². The number of hydrogen-bond donors (Lipinski definition) is 2. The zero-order valence-electron chi connectivity index (χ0n) is 11.5. The fraction of sp³-hybridized carbons (Fsp3) is 0.929. The highest BCUT2D eigenvalue weighted by molar-refractivity contribution is 5.76. The first-order valence-electron chi connectivity index (χ1n) is 7.16. The fourth-order valence-corrected chi connectivity index (χ4v) is 2.78. The van der Waals surface area contributed by atoms with E-state index in [9.17, 15) is 0 Å². The third-order valence-corrected chi connectivity index (χ3v) is 3.61. The Kier molecular flexibility index (Phi) is 6.56. The summed E-state index contributed by atoms with van der Waals surface area (Å²) < 4.78 is 0. The topological polar surface area (TPSA) is 53.1 Å². The molecule has 0 aliphatic heterocycles. The molecule has 0 spiro atoms. The summed E-state index contributed by atoms with van der Waals surface area (Å²) >= 11 is 0. The van der Waals surface area contributed by atoms with Gasteiger partial charge >= 0.3 is 0 Å². The second kappa shape index (κ2) is 7.70. The van der Waals surface area contributed by atoms with E-state index in [1.807, 2.05) is 0 Å². The van der Waals surface area contributed by atoms with Gasteiger partial charge in [0.25, 0.3) is 0 Å². The van der Waals surface area contributed by atoms with E-state index in [2.05, 4.69) is 18.7 Å². The van der Waals surface area contributed by atoms with Crippen LogP contribution in [0.4, 0.5) is 0 Å². The Hall–Kier alpha value is -0.570. The predicted molar refractivity (Wildman–Crippen MR) is 74.4 cm³/mol. The number of rotatable bonds is 6. The number of nitrogens with one attached hydrogen (secondary N) is 1. The summed E-state index contributed by atoms with van der Waals surface area (Å²) in [6.07, 6.45) is 8.95. The van der Waals surface area contributed by atoms with Crippen molar-refractivity contribution >= 4 is 5.84 Å². The van der Waals surface area contributed by atoms with Crippen molar-refractivity contribution in [1.82, 2.24) is 4.90 Å². The van der Waals surface area contributed by atoms with Crippen molar-refractivity contribution in [3.05, 3.63) is 0 Å². The average Bonchev–Trinajstić information content (AvgIpc) is 2.51. The van der Waals surface area contributed by atoms with Gasteiger partial charge in [-0.25, -0.2) is 0 Å². The van der Waals surface area contributed by atoms with Gasteiger partial charge in [-0.15, -0.1) is 0 Å². The summed E-state index contributed by atoms with van der Waals surface area (Å²) in [6.45, 7) is 6.67. The SMILES string of the molecule is CC(C)CN(CCC(=N)N)C1CCCCCC1. The van der Waals surface area contributed by atoms with Crippen LogP contribution in [0.2, 0.25) is 0 Å². The van der Waals surface area contributed by atoms with Gasteiger partial charge in [0.05, 0.1) is 5.84 Å². The van der Waals surface area contributed by atoms with Gasteiger partial charge in [-0.05, 0) is 18.8 Å². The van der Waals surface area contributed by atoms with Crippen LogP contribution >= 0.6 is 0 Å². The highest BCUT2D eigenvalue weighted by atomic mass is 15.2. The molecule has 100 valence electrons. The van der Waals surface area contributed by atoms with Gasteiger partial charge in [-0.3, -0.25) is 10.3 Å². The highest BCUT2D eigenvalue weighted by Gasteiger charge is 2.20. The Labute approximate surface area is 106 Å². The monoisotopic (exact) mass is 239 g/mol. The number of nitrogens with zero attached hydrogens (tertiary/aromatic N) is 1. The molecule has 1 fully saturated rings. The largest absolute Gasteiger partial charge is 0.388 e. The van der Waals surface area contributed by atoms with E-state index in [1.54, 1.807) is 0 Å². The molecular formula is C14H29N3. The van der Waals surface area contributed by atoms with Gasteiger partial charge < -0.3 is 5.73 Å². The van der Waals surface area contributed by atoms with Gasteiger partial charge in [-0.1, -0.05) is 39.5 Å². The summed E-state index contributed by atoms with van der Waals surface area (Å²) in [5, 5.41) is 7.38. The first kappa shape index (κ1) is 14.5. The molecule has 0 heterocycles. The minimum Gasteiger partial charge on any atom is -0.388 e. The highest BCUT2D eigenvalue weighted by Crippen LogP contribution is 2.22. The summed E-state index contributed by atoms with van der Waals surface area (Å²) in [5.41, 5.74) is 5.49. The molecular weight excluding hydrogens is 210 g/mol. The second-order valence-electron chi connectivity index (χ2n) is 5.81. The Morgan fingerprint density at radius 2 is 1.82 bits per heavy atom. The minimum absolute atomic E-state index is 0.326. The lowest BCUT2D eigenvalue weighted by Gasteiger charge is -2.32.